The maximum Gasteiger partial charge on any atom is 0.0936 e. The van der Waals surface area contributed by atoms with Gasteiger partial charge in [0.25, 0.3) is 0 Å². The first-order valence-electron chi connectivity index (χ1n) is 18.5. The summed E-state index contributed by atoms with van der Waals surface area (Å²) < 4.78 is 0. The van der Waals surface area contributed by atoms with Crippen LogP contribution in [0.25, 0.3) is 28.5 Å². The zero-order chi connectivity index (χ0) is 34.0. The van der Waals surface area contributed by atoms with Crippen LogP contribution < -0.4 is 0 Å². The van der Waals surface area contributed by atoms with Gasteiger partial charge < -0.3 is 0 Å². The number of nitrogens with zero attached hydrogens (tertiary/aromatic N) is 1. The van der Waals surface area contributed by atoms with Gasteiger partial charge in [0.2, 0.25) is 0 Å². The monoisotopic (exact) mass is 641 g/mol. The third-order valence-electron chi connectivity index (χ3n) is 11.3. The third-order valence-corrected chi connectivity index (χ3v) is 11.3. The van der Waals surface area contributed by atoms with Gasteiger partial charge in [-0.2, -0.15) is 0 Å². The molecule has 0 N–H and O–H groups in total. The Morgan fingerprint density at radius 1 is 0.878 bits per heavy atom. The molecule has 0 fully saturated rings. The normalized spacial score (nSPS) is 24.2. The predicted octanol–water partition coefficient (Wildman–Crippen LogP) is 13.3. The van der Waals surface area contributed by atoms with Gasteiger partial charge in [0.05, 0.1) is 6.04 Å². The van der Waals surface area contributed by atoms with Crippen molar-refractivity contribution in [2.75, 3.05) is 0 Å². The molecule has 0 spiro atoms. The fourth-order valence-electron chi connectivity index (χ4n) is 8.49. The quantitative estimate of drug-likeness (QED) is 0.254. The first kappa shape index (κ1) is 33.0. The average Bonchev–Trinajstić information content (AvgIpc) is 3.11. The predicted molar refractivity (Wildman–Crippen MR) is 214 cm³/mol. The minimum Gasteiger partial charge on any atom is -0.281 e. The second-order valence-electron chi connectivity index (χ2n) is 14.6. The van der Waals surface area contributed by atoms with Crippen molar-refractivity contribution in [2.45, 2.75) is 85.6 Å². The first-order valence-corrected chi connectivity index (χ1v) is 18.5. The van der Waals surface area contributed by atoms with Gasteiger partial charge in [-0.15, -0.1) is 0 Å². The Hall–Kier alpha value is -4.49. The molecule has 1 heteroatoms. The van der Waals surface area contributed by atoms with Gasteiger partial charge in [-0.3, -0.25) is 4.99 Å². The summed E-state index contributed by atoms with van der Waals surface area (Å²) in [5.41, 5.74) is 15.1. The average molecular weight is 642 g/mol. The molecule has 1 nitrogen and oxygen atoms in total. The Balaban J connectivity index is 1.30. The molecule has 7 rings (SSSR count). The summed E-state index contributed by atoms with van der Waals surface area (Å²) in [6.45, 7) is 11.2. The van der Waals surface area contributed by atoms with Gasteiger partial charge in [-0.25, -0.2) is 0 Å². The molecule has 49 heavy (non-hydrogen) atoms. The molecule has 0 aromatic heterocycles. The SMILES string of the molecule is CC=CC1=C(C)C=CCC1C1=CCC(C)(C2=NC(c3ccc4c(c3)CCC=C4)C=C(c3cc4ccccc4c(C=CC)c3C)CCC2)C=C1. The van der Waals surface area contributed by atoms with Crippen LogP contribution in [0.3, 0.4) is 0 Å². The van der Waals surface area contributed by atoms with Crippen LogP contribution >= 0.6 is 0 Å². The lowest BCUT2D eigenvalue weighted by Gasteiger charge is -2.34. The molecule has 0 saturated heterocycles. The van der Waals surface area contributed by atoms with E-state index in [2.05, 4.69) is 156 Å². The molecule has 0 bridgehead atoms. The van der Waals surface area contributed by atoms with Crippen molar-refractivity contribution < 1.29 is 0 Å². The first-order chi connectivity index (χ1) is 23.9. The Bertz CT molecular complexity index is 2050. The lowest BCUT2D eigenvalue weighted by atomic mass is 9.72. The van der Waals surface area contributed by atoms with Gasteiger partial charge in [0, 0.05) is 17.0 Å². The molecule has 1 heterocycles. The summed E-state index contributed by atoms with van der Waals surface area (Å²) in [6.07, 6.45) is 35.5. The minimum absolute atomic E-state index is 0.0245. The summed E-state index contributed by atoms with van der Waals surface area (Å²) in [7, 11) is 0. The summed E-state index contributed by atoms with van der Waals surface area (Å²) >= 11 is 0. The molecule has 3 aromatic carbocycles. The maximum atomic E-state index is 5.77. The van der Waals surface area contributed by atoms with E-state index >= 15 is 0 Å². The molecule has 0 radical (unpaired) electrons. The number of aliphatic imine (C=N–C) groups is 1. The summed E-state index contributed by atoms with van der Waals surface area (Å²) in [6, 6.07) is 18.4. The standard InChI is InChI=1S/C48H51N/c1-6-14-41-33(3)16-12-22-43(41)36-26-28-48(5,29-27-36)47-23-13-20-39(32-46(49-47)40-25-24-35-17-8-9-18-37(35)30-40)45-31-38-19-10-11-21-44(38)42(15-7-2)34(45)4/h6-8,10-12,14-17,19,21,24-28,30-32,43,46H,9,13,18,20,22-23,29H2,1-5H3. The van der Waals surface area contributed by atoms with E-state index in [1.54, 1.807) is 0 Å². The summed E-state index contributed by atoms with van der Waals surface area (Å²) in [5.74, 6) is 0.432. The highest BCUT2D eigenvalue weighted by Crippen LogP contribution is 2.43. The van der Waals surface area contributed by atoms with E-state index < -0.39 is 0 Å². The van der Waals surface area contributed by atoms with Crippen LogP contribution in [0.15, 0.2) is 131 Å². The molecule has 3 aromatic rings. The van der Waals surface area contributed by atoms with Crippen LogP contribution in [0.2, 0.25) is 0 Å². The fourth-order valence-corrected chi connectivity index (χ4v) is 8.49. The zero-order valence-corrected chi connectivity index (χ0v) is 30.1. The van der Waals surface area contributed by atoms with Gasteiger partial charge in [0.1, 0.15) is 0 Å². The highest BCUT2D eigenvalue weighted by molar-refractivity contribution is 5.96. The number of hydrogen-bond donors (Lipinski definition) is 0. The van der Waals surface area contributed by atoms with Crippen molar-refractivity contribution in [3.63, 3.8) is 0 Å². The number of allylic oxidation sites excluding steroid dienone is 13. The molecule has 4 aliphatic rings. The van der Waals surface area contributed by atoms with Gasteiger partial charge >= 0.3 is 0 Å². The van der Waals surface area contributed by atoms with Crippen LogP contribution in [0, 0.1) is 18.3 Å². The number of rotatable bonds is 6. The highest BCUT2D eigenvalue weighted by atomic mass is 14.8. The van der Waals surface area contributed by atoms with Crippen molar-refractivity contribution in [1.82, 2.24) is 0 Å². The van der Waals surface area contributed by atoms with E-state index in [0.717, 1.165) is 44.9 Å². The van der Waals surface area contributed by atoms with Crippen LogP contribution in [0.5, 0.6) is 0 Å². The molecule has 0 saturated carbocycles. The topological polar surface area (TPSA) is 12.4 Å². The number of benzene rings is 3. The van der Waals surface area contributed by atoms with Crippen molar-refractivity contribution in [2.24, 2.45) is 16.3 Å². The Labute approximate surface area is 294 Å². The number of aryl methyl sites for hydroxylation is 1. The summed E-state index contributed by atoms with van der Waals surface area (Å²) in [4.78, 5) is 5.77. The molecular weight excluding hydrogens is 591 g/mol. The fraction of sp³-hybridized carbons (Fsp3) is 0.312. The van der Waals surface area contributed by atoms with Crippen molar-refractivity contribution in [3.05, 3.63) is 159 Å². The molecule has 248 valence electrons. The van der Waals surface area contributed by atoms with Crippen LogP contribution in [0.1, 0.15) is 106 Å². The van der Waals surface area contributed by atoms with Gasteiger partial charge in [-0.1, -0.05) is 122 Å². The van der Waals surface area contributed by atoms with Gasteiger partial charge in [0.15, 0.2) is 0 Å². The van der Waals surface area contributed by atoms with E-state index in [1.807, 2.05) is 0 Å². The number of hydrogen-bond acceptors (Lipinski definition) is 1. The molecule has 1 aliphatic heterocycles. The lowest BCUT2D eigenvalue weighted by Crippen LogP contribution is -2.29. The molecular formula is C48H51N. The maximum absolute atomic E-state index is 5.77. The number of fused-ring (bicyclic) bond motifs is 2. The van der Waals surface area contributed by atoms with Crippen molar-refractivity contribution >= 4 is 34.2 Å². The zero-order valence-electron chi connectivity index (χ0n) is 30.1. The van der Waals surface area contributed by atoms with E-state index in [-0.39, 0.29) is 11.5 Å². The van der Waals surface area contributed by atoms with Crippen molar-refractivity contribution in [1.29, 1.82) is 0 Å². The van der Waals surface area contributed by atoms with Crippen molar-refractivity contribution in [3.8, 4) is 0 Å². The highest BCUT2D eigenvalue weighted by Gasteiger charge is 2.32. The molecule has 3 aliphatic carbocycles. The van der Waals surface area contributed by atoms with E-state index in [4.69, 9.17) is 4.99 Å². The molecule has 3 atom stereocenters. The second-order valence-corrected chi connectivity index (χ2v) is 14.6. The lowest BCUT2D eigenvalue weighted by molar-refractivity contribution is 0.563. The molecule has 0 amide bonds. The van der Waals surface area contributed by atoms with Crippen LogP contribution in [0.4, 0.5) is 0 Å². The molecule has 3 unspecified atom stereocenters. The Kier molecular flexibility index (Phi) is 9.55. The largest absolute Gasteiger partial charge is 0.281 e. The van der Waals surface area contributed by atoms with Crippen LogP contribution in [-0.2, 0) is 6.42 Å². The van der Waals surface area contributed by atoms with E-state index in [0.29, 0.717) is 5.92 Å². The minimum atomic E-state index is -0.0913. The third kappa shape index (κ3) is 6.61. The van der Waals surface area contributed by atoms with Gasteiger partial charge in [-0.05, 0) is 145 Å². The second kappa shape index (κ2) is 14.2. The van der Waals surface area contributed by atoms with E-state index in [1.165, 1.54) is 72.2 Å². The smallest absolute Gasteiger partial charge is 0.0936 e. The Morgan fingerprint density at radius 2 is 1.73 bits per heavy atom. The Morgan fingerprint density at radius 3 is 2.55 bits per heavy atom. The van der Waals surface area contributed by atoms with Crippen LogP contribution in [-0.4, -0.2) is 5.71 Å². The summed E-state index contributed by atoms with van der Waals surface area (Å²) in [5, 5.41) is 2.63. The van der Waals surface area contributed by atoms with E-state index in [9.17, 15) is 0 Å².